The van der Waals surface area contributed by atoms with Crippen molar-refractivity contribution in [2.24, 2.45) is 11.3 Å². The van der Waals surface area contributed by atoms with E-state index < -0.39 is 5.54 Å². The number of nitrogens with zero attached hydrogens (tertiary/aromatic N) is 3. The third kappa shape index (κ3) is 3.82. The van der Waals surface area contributed by atoms with Crippen LogP contribution in [0.15, 0.2) is 5.38 Å². The van der Waals surface area contributed by atoms with Gasteiger partial charge >= 0.3 is 0 Å². The average Bonchev–Trinajstić information content (AvgIpc) is 3.24. The second-order valence-corrected chi connectivity index (χ2v) is 9.35. The Hall–Kier alpha value is -1.61. The van der Waals surface area contributed by atoms with Crippen molar-refractivity contribution in [1.29, 1.82) is 5.26 Å². The lowest BCUT2D eigenvalue weighted by Crippen LogP contribution is -2.54. The van der Waals surface area contributed by atoms with Crippen molar-refractivity contribution in [2.45, 2.75) is 64.8 Å². The number of carbonyl (C=O) groups is 1. The van der Waals surface area contributed by atoms with Crippen LogP contribution in [0.2, 0.25) is 0 Å². The van der Waals surface area contributed by atoms with Gasteiger partial charge in [-0.3, -0.25) is 4.79 Å². The summed E-state index contributed by atoms with van der Waals surface area (Å²) in [5, 5.41) is 14.8. The summed E-state index contributed by atoms with van der Waals surface area (Å²) in [5.41, 5.74) is 0.200. The van der Waals surface area contributed by atoms with E-state index in [0.717, 1.165) is 51.6 Å². The quantitative estimate of drug-likeness (QED) is 0.884. The molecule has 1 aromatic heterocycles. The topological polar surface area (TPSA) is 69.0 Å². The Morgan fingerprint density at radius 1 is 1.36 bits per heavy atom. The molecule has 136 valence electrons. The summed E-state index contributed by atoms with van der Waals surface area (Å²) in [5.74, 6) is 0.909. The number of likely N-dealkylation sites (tertiary alicyclic amines) is 1. The van der Waals surface area contributed by atoms with E-state index >= 15 is 0 Å². The van der Waals surface area contributed by atoms with E-state index in [2.05, 4.69) is 42.0 Å². The Morgan fingerprint density at radius 3 is 2.52 bits per heavy atom. The van der Waals surface area contributed by atoms with Crippen molar-refractivity contribution in [3.05, 3.63) is 11.1 Å². The standard InChI is InChI=1S/C19H28N4OS/c1-18(2,3)14-6-10-23(11-7-14)16(24)19(8-4-5-9-19)22-17-21-15(12-20)13-25-17/h13-14H,4-11H2,1-3H3,(H,21,22). The van der Waals surface area contributed by atoms with E-state index in [0.29, 0.717) is 22.2 Å². The van der Waals surface area contributed by atoms with Crippen molar-refractivity contribution in [3.8, 4) is 6.07 Å². The zero-order chi connectivity index (χ0) is 18.1. The number of nitrogens with one attached hydrogen (secondary N) is 1. The Morgan fingerprint density at radius 2 is 2.00 bits per heavy atom. The highest BCUT2D eigenvalue weighted by atomic mass is 32.1. The number of anilines is 1. The predicted octanol–water partition coefficient (Wildman–Crippen LogP) is 4.02. The molecule has 1 aliphatic carbocycles. The fraction of sp³-hybridized carbons (Fsp3) is 0.737. The van der Waals surface area contributed by atoms with Crippen LogP contribution in [-0.2, 0) is 4.79 Å². The molecule has 2 fully saturated rings. The molecule has 5 nitrogen and oxygen atoms in total. The largest absolute Gasteiger partial charge is 0.347 e. The summed E-state index contributed by atoms with van der Waals surface area (Å²) in [6, 6.07) is 2.06. The highest BCUT2D eigenvalue weighted by Crippen LogP contribution is 2.38. The molecular formula is C19H28N4OS. The molecule has 1 amide bonds. The number of piperidine rings is 1. The molecule has 0 bridgehead atoms. The number of amides is 1. The Balaban J connectivity index is 1.70. The number of hydrogen-bond donors (Lipinski definition) is 1. The number of rotatable bonds is 3. The van der Waals surface area contributed by atoms with E-state index in [1.807, 2.05) is 0 Å². The highest BCUT2D eigenvalue weighted by molar-refractivity contribution is 7.13. The summed E-state index contributed by atoms with van der Waals surface area (Å²) >= 11 is 1.41. The smallest absolute Gasteiger partial charge is 0.248 e. The van der Waals surface area contributed by atoms with E-state index in [4.69, 9.17) is 5.26 Å². The van der Waals surface area contributed by atoms with Crippen LogP contribution >= 0.6 is 11.3 Å². The first kappa shape index (κ1) is 18.2. The Labute approximate surface area is 154 Å². The maximum atomic E-state index is 13.3. The Bertz CT molecular complexity index is 656. The van der Waals surface area contributed by atoms with Crippen LogP contribution < -0.4 is 5.32 Å². The molecule has 1 aromatic rings. The van der Waals surface area contributed by atoms with Gasteiger partial charge in [-0.15, -0.1) is 11.3 Å². The van der Waals surface area contributed by atoms with Gasteiger partial charge in [0.2, 0.25) is 5.91 Å². The van der Waals surface area contributed by atoms with Gasteiger partial charge in [0.25, 0.3) is 0 Å². The lowest BCUT2D eigenvalue weighted by Gasteiger charge is -2.42. The third-order valence-electron chi connectivity index (χ3n) is 5.84. The van der Waals surface area contributed by atoms with Gasteiger partial charge in [0, 0.05) is 18.5 Å². The van der Waals surface area contributed by atoms with Crippen LogP contribution in [0.4, 0.5) is 5.13 Å². The molecule has 25 heavy (non-hydrogen) atoms. The molecule has 1 N–H and O–H groups in total. The van der Waals surface area contributed by atoms with Crippen molar-refractivity contribution in [1.82, 2.24) is 9.88 Å². The van der Waals surface area contributed by atoms with Gasteiger partial charge in [-0.1, -0.05) is 33.6 Å². The molecule has 1 saturated carbocycles. The molecule has 2 heterocycles. The predicted molar refractivity (Wildman–Crippen MR) is 100 cm³/mol. The van der Waals surface area contributed by atoms with Gasteiger partial charge in [-0.2, -0.15) is 5.26 Å². The molecule has 0 radical (unpaired) electrons. The van der Waals surface area contributed by atoms with E-state index in [1.54, 1.807) is 5.38 Å². The maximum absolute atomic E-state index is 13.3. The molecule has 6 heteroatoms. The molecule has 1 aliphatic heterocycles. The second kappa shape index (κ2) is 6.95. The molecule has 0 atom stereocenters. The Kier molecular flexibility index (Phi) is 5.06. The zero-order valence-corrected chi connectivity index (χ0v) is 16.3. The molecule has 0 unspecified atom stereocenters. The first-order valence-electron chi connectivity index (χ1n) is 9.27. The molecule has 1 saturated heterocycles. The van der Waals surface area contributed by atoms with E-state index in [9.17, 15) is 4.79 Å². The molecule has 0 aromatic carbocycles. The van der Waals surface area contributed by atoms with Crippen LogP contribution in [0.3, 0.4) is 0 Å². The van der Waals surface area contributed by atoms with Gasteiger partial charge in [-0.25, -0.2) is 4.98 Å². The minimum Gasteiger partial charge on any atom is -0.347 e. The third-order valence-corrected chi connectivity index (χ3v) is 6.60. The number of carbonyl (C=O) groups excluding carboxylic acids is 1. The molecule has 2 aliphatic rings. The lowest BCUT2D eigenvalue weighted by atomic mass is 9.75. The lowest BCUT2D eigenvalue weighted by molar-refractivity contribution is -0.137. The molecular weight excluding hydrogens is 332 g/mol. The first-order chi connectivity index (χ1) is 11.8. The molecule has 0 spiro atoms. The monoisotopic (exact) mass is 360 g/mol. The molecule has 3 rings (SSSR count). The van der Waals surface area contributed by atoms with Crippen LogP contribution in [0.1, 0.15) is 65.0 Å². The van der Waals surface area contributed by atoms with E-state index in [-0.39, 0.29) is 5.91 Å². The van der Waals surface area contributed by atoms with Crippen molar-refractivity contribution < 1.29 is 4.79 Å². The van der Waals surface area contributed by atoms with Gasteiger partial charge < -0.3 is 10.2 Å². The highest BCUT2D eigenvalue weighted by Gasteiger charge is 2.45. The van der Waals surface area contributed by atoms with Crippen LogP contribution in [0.5, 0.6) is 0 Å². The minimum absolute atomic E-state index is 0.228. The summed E-state index contributed by atoms with van der Waals surface area (Å²) in [4.78, 5) is 19.7. The normalized spacial score (nSPS) is 21.1. The average molecular weight is 361 g/mol. The van der Waals surface area contributed by atoms with Crippen LogP contribution in [0, 0.1) is 22.7 Å². The van der Waals surface area contributed by atoms with Gasteiger partial charge in [0.15, 0.2) is 10.8 Å². The van der Waals surface area contributed by atoms with Crippen molar-refractivity contribution in [2.75, 3.05) is 18.4 Å². The number of nitriles is 1. The summed E-state index contributed by atoms with van der Waals surface area (Å²) in [7, 11) is 0. The van der Waals surface area contributed by atoms with Gasteiger partial charge in [-0.05, 0) is 37.0 Å². The number of thiazole rings is 1. The summed E-state index contributed by atoms with van der Waals surface area (Å²) in [6.45, 7) is 8.59. The fourth-order valence-electron chi connectivity index (χ4n) is 4.21. The van der Waals surface area contributed by atoms with Crippen LogP contribution in [0.25, 0.3) is 0 Å². The van der Waals surface area contributed by atoms with Crippen molar-refractivity contribution in [3.63, 3.8) is 0 Å². The summed E-state index contributed by atoms with van der Waals surface area (Å²) in [6.07, 6.45) is 6.00. The minimum atomic E-state index is -0.529. The van der Waals surface area contributed by atoms with Crippen LogP contribution in [-0.4, -0.2) is 34.4 Å². The van der Waals surface area contributed by atoms with Gasteiger partial charge in [0.05, 0.1) is 0 Å². The maximum Gasteiger partial charge on any atom is 0.248 e. The number of aromatic nitrogens is 1. The van der Waals surface area contributed by atoms with Crippen molar-refractivity contribution >= 4 is 22.4 Å². The number of hydrogen-bond acceptors (Lipinski definition) is 5. The van der Waals surface area contributed by atoms with Gasteiger partial charge in [0.1, 0.15) is 11.6 Å². The van der Waals surface area contributed by atoms with E-state index in [1.165, 1.54) is 11.3 Å². The summed E-state index contributed by atoms with van der Waals surface area (Å²) < 4.78 is 0. The SMILES string of the molecule is CC(C)(C)C1CCN(C(=O)C2(Nc3nc(C#N)cs3)CCCC2)CC1. The zero-order valence-electron chi connectivity index (χ0n) is 15.5. The second-order valence-electron chi connectivity index (χ2n) is 8.50. The fourth-order valence-corrected chi connectivity index (χ4v) is 4.94. The first-order valence-corrected chi connectivity index (χ1v) is 10.2.